The Morgan fingerprint density at radius 3 is 2.16 bits per heavy atom. The summed E-state index contributed by atoms with van der Waals surface area (Å²) in [7, 11) is 0. The first kappa shape index (κ1) is 20.2. The van der Waals surface area contributed by atoms with Gasteiger partial charge < -0.3 is 9.47 Å². The van der Waals surface area contributed by atoms with Crippen LogP contribution >= 0.6 is 0 Å². The number of para-hydroxylation sites is 2. The average molecular weight is 414 g/mol. The molecule has 6 nitrogen and oxygen atoms in total. The zero-order valence-electron chi connectivity index (χ0n) is 16.9. The van der Waals surface area contributed by atoms with Crippen molar-refractivity contribution in [1.29, 1.82) is 0 Å². The molecule has 1 saturated heterocycles. The van der Waals surface area contributed by atoms with Crippen LogP contribution in [0.15, 0.2) is 90.5 Å². The summed E-state index contributed by atoms with van der Waals surface area (Å²) in [5.74, 6) is 0.679. The van der Waals surface area contributed by atoms with Crippen LogP contribution in [0.1, 0.15) is 12.0 Å². The summed E-state index contributed by atoms with van der Waals surface area (Å²) in [5, 5.41) is 1.25. The fourth-order valence-corrected chi connectivity index (χ4v) is 3.13. The Labute approximate surface area is 180 Å². The first-order valence-corrected chi connectivity index (χ1v) is 10.0. The van der Waals surface area contributed by atoms with Crippen molar-refractivity contribution >= 4 is 23.6 Å². The van der Waals surface area contributed by atoms with Crippen LogP contribution in [0.5, 0.6) is 11.5 Å². The summed E-state index contributed by atoms with van der Waals surface area (Å²) in [6, 6.07) is 25.9. The maximum absolute atomic E-state index is 12.7. The number of hydrazine groups is 1. The molecular formula is C25H22N2O4. The number of rotatable bonds is 8. The van der Waals surface area contributed by atoms with E-state index in [0.29, 0.717) is 30.2 Å². The number of anilines is 1. The highest BCUT2D eigenvalue weighted by Crippen LogP contribution is 2.22. The van der Waals surface area contributed by atoms with Crippen molar-refractivity contribution in [3.63, 3.8) is 0 Å². The van der Waals surface area contributed by atoms with Crippen molar-refractivity contribution in [1.82, 2.24) is 5.43 Å². The molecule has 3 aromatic carbocycles. The van der Waals surface area contributed by atoms with Gasteiger partial charge in [0.05, 0.1) is 18.9 Å². The summed E-state index contributed by atoms with van der Waals surface area (Å²) >= 11 is 0. The molecule has 1 heterocycles. The number of hydrogen-bond donors (Lipinski definition) is 1. The lowest BCUT2D eigenvalue weighted by Gasteiger charge is -2.13. The zero-order chi connectivity index (χ0) is 21.5. The molecule has 2 amide bonds. The Hall–Kier alpha value is -4.06. The van der Waals surface area contributed by atoms with Gasteiger partial charge >= 0.3 is 0 Å². The first-order valence-electron chi connectivity index (χ1n) is 10.0. The number of nitrogens with one attached hydrogen (secondary N) is 1. The Morgan fingerprint density at radius 1 is 0.774 bits per heavy atom. The van der Waals surface area contributed by atoms with E-state index in [9.17, 15) is 9.59 Å². The van der Waals surface area contributed by atoms with Crippen LogP contribution in [-0.2, 0) is 9.59 Å². The van der Waals surface area contributed by atoms with E-state index in [1.165, 1.54) is 5.01 Å². The summed E-state index contributed by atoms with van der Waals surface area (Å²) in [4.78, 5) is 25.0. The second kappa shape index (κ2) is 9.63. The van der Waals surface area contributed by atoms with E-state index < -0.39 is 5.91 Å². The van der Waals surface area contributed by atoms with Crippen LogP contribution in [0.2, 0.25) is 0 Å². The van der Waals surface area contributed by atoms with Gasteiger partial charge in [-0.2, -0.15) is 0 Å². The molecule has 6 heteroatoms. The number of ether oxygens (including phenoxy) is 2. The second-order valence-corrected chi connectivity index (χ2v) is 6.91. The molecule has 0 unspecified atom stereocenters. The average Bonchev–Trinajstić information content (AvgIpc) is 3.09. The van der Waals surface area contributed by atoms with Crippen LogP contribution in [0.3, 0.4) is 0 Å². The summed E-state index contributed by atoms with van der Waals surface area (Å²) in [6.07, 6.45) is 2.30. The summed E-state index contributed by atoms with van der Waals surface area (Å²) in [6.45, 7) is 1.05. The van der Waals surface area contributed by atoms with Crippen LogP contribution in [0, 0.1) is 0 Å². The molecule has 0 saturated carbocycles. The molecule has 0 aliphatic carbocycles. The topological polar surface area (TPSA) is 67.9 Å². The Morgan fingerprint density at radius 2 is 1.42 bits per heavy atom. The van der Waals surface area contributed by atoms with E-state index in [1.54, 1.807) is 24.3 Å². The summed E-state index contributed by atoms with van der Waals surface area (Å²) < 4.78 is 11.4. The van der Waals surface area contributed by atoms with Gasteiger partial charge in [0, 0.05) is 6.42 Å². The normalized spacial score (nSPS) is 14.6. The van der Waals surface area contributed by atoms with E-state index in [1.807, 2.05) is 66.7 Å². The highest BCUT2D eigenvalue weighted by molar-refractivity contribution is 6.31. The lowest BCUT2D eigenvalue weighted by atomic mass is 10.1. The van der Waals surface area contributed by atoms with Gasteiger partial charge in [-0.1, -0.05) is 48.5 Å². The minimum Gasteiger partial charge on any atom is -0.493 e. The predicted octanol–water partition coefficient (Wildman–Crippen LogP) is 4.00. The predicted molar refractivity (Wildman–Crippen MR) is 119 cm³/mol. The van der Waals surface area contributed by atoms with E-state index in [0.717, 1.165) is 12.2 Å². The fourth-order valence-electron chi connectivity index (χ4n) is 3.13. The highest BCUT2D eigenvalue weighted by atomic mass is 16.5. The first-order chi connectivity index (χ1) is 15.2. The van der Waals surface area contributed by atoms with E-state index >= 15 is 0 Å². The lowest BCUT2D eigenvalue weighted by molar-refractivity contribution is -0.117. The van der Waals surface area contributed by atoms with Gasteiger partial charge in [-0.05, 0) is 48.0 Å². The fraction of sp³-hybridized carbons (Fsp3) is 0.120. The van der Waals surface area contributed by atoms with Crippen LogP contribution in [-0.4, -0.2) is 25.0 Å². The molecule has 0 spiro atoms. The molecule has 1 N–H and O–H groups in total. The van der Waals surface area contributed by atoms with E-state index in [4.69, 9.17) is 9.47 Å². The largest absolute Gasteiger partial charge is 0.493 e. The molecule has 0 aromatic heterocycles. The Balaban J connectivity index is 1.35. The molecule has 0 radical (unpaired) electrons. The Bertz CT molecular complexity index is 1080. The van der Waals surface area contributed by atoms with Gasteiger partial charge in [-0.15, -0.1) is 0 Å². The standard InChI is InChI=1S/C25H22N2O4/c28-24-23(25(29)27(26-24)20-10-3-1-4-11-20)18-19-9-7-14-22(17-19)31-16-8-15-30-21-12-5-2-6-13-21/h1-7,9-14,17-18H,8,15-16H2,(H,26,28)/b23-18-. The number of hydrogen-bond acceptors (Lipinski definition) is 4. The molecule has 156 valence electrons. The molecule has 0 bridgehead atoms. The van der Waals surface area contributed by atoms with Gasteiger partial charge in [-0.3, -0.25) is 15.0 Å². The number of carbonyl (C=O) groups is 2. The maximum atomic E-state index is 12.7. The quantitative estimate of drug-likeness (QED) is 0.344. The molecule has 0 atom stereocenters. The lowest BCUT2D eigenvalue weighted by Crippen LogP contribution is -2.35. The van der Waals surface area contributed by atoms with Gasteiger partial charge in [0.1, 0.15) is 17.1 Å². The number of benzene rings is 3. The Kier molecular flexibility index (Phi) is 6.28. The number of carbonyl (C=O) groups excluding carboxylic acids is 2. The van der Waals surface area contributed by atoms with Gasteiger partial charge in [0.15, 0.2) is 0 Å². The molecular weight excluding hydrogens is 392 g/mol. The smallest absolute Gasteiger partial charge is 0.282 e. The van der Waals surface area contributed by atoms with Crippen molar-refractivity contribution in [3.8, 4) is 11.5 Å². The van der Waals surface area contributed by atoms with Gasteiger partial charge in [-0.25, -0.2) is 5.01 Å². The van der Waals surface area contributed by atoms with Crippen molar-refractivity contribution in [2.24, 2.45) is 0 Å². The molecule has 4 rings (SSSR count). The van der Waals surface area contributed by atoms with Gasteiger partial charge in [0.2, 0.25) is 0 Å². The van der Waals surface area contributed by atoms with Gasteiger partial charge in [0.25, 0.3) is 11.8 Å². The third kappa shape index (κ3) is 5.11. The third-order valence-electron chi connectivity index (χ3n) is 4.64. The second-order valence-electron chi connectivity index (χ2n) is 6.91. The molecule has 31 heavy (non-hydrogen) atoms. The van der Waals surface area contributed by atoms with Crippen LogP contribution < -0.4 is 19.9 Å². The monoisotopic (exact) mass is 414 g/mol. The maximum Gasteiger partial charge on any atom is 0.282 e. The summed E-state index contributed by atoms with van der Waals surface area (Å²) in [5.41, 5.74) is 4.00. The van der Waals surface area contributed by atoms with Crippen molar-refractivity contribution in [3.05, 3.63) is 96.1 Å². The number of amides is 2. The van der Waals surface area contributed by atoms with Crippen molar-refractivity contribution < 1.29 is 19.1 Å². The van der Waals surface area contributed by atoms with Crippen LogP contribution in [0.25, 0.3) is 6.08 Å². The van der Waals surface area contributed by atoms with Crippen molar-refractivity contribution in [2.45, 2.75) is 6.42 Å². The number of nitrogens with zero attached hydrogens (tertiary/aromatic N) is 1. The third-order valence-corrected chi connectivity index (χ3v) is 4.64. The van der Waals surface area contributed by atoms with E-state index in [2.05, 4.69) is 5.43 Å². The highest BCUT2D eigenvalue weighted by Gasteiger charge is 2.34. The minimum atomic E-state index is -0.432. The SMILES string of the molecule is O=C1NN(c2ccccc2)C(=O)/C1=C\c1cccc(OCCCOc2ccccc2)c1. The van der Waals surface area contributed by atoms with Crippen LogP contribution in [0.4, 0.5) is 5.69 Å². The van der Waals surface area contributed by atoms with Crippen molar-refractivity contribution in [2.75, 3.05) is 18.2 Å². The zero-order valence-corrected chi connectivity index (χ0v) is 16.9. The molecule has 3 aromatic rings. The minimum absolute atomic E-state index is 0.0808. The van der Waals surface area contributed by atoms with E-state index in [-0.39, 0.29) is 11.5 Å². The molecule has 1 fully saturated rings. The molecule has 1 aliphatic heterocycles. The molecule has 1 aliphatic rings.